The number of amides is 2. The van der Waals surface area contributed by atoms with Gasteiger partial charge in [0, 0.05) is 30.8 Å². The van der Waals surface area contributed by atoms with Gasteiger partial charge in [0.2, 0.25) is 5.91 Å². The molecule has 1 heterocycles. The fraction of sp³-hybridized carbons (Fsp3) is 0.240. The summed E-state index contributed by atoms with van der Waals surface area (Å²) in [7, 11) is 0. The van der Waals surface area contributed by atoms with E-state index < -0.39 is 4.92 Å². The summed E-state index contributed by atoms with van der Waals surface area (Å²) in [6.45, 7) is 2.48. The first-order valence-corrected chi connectivity index (χ1v) is 12.1. The van der Waals surface area contributed by atoms with Gasteiger partial charge in [0.15, 0.2) is 0 Å². The van der Waals surface area contributed by atoms with Crippen molar-refractivity contribution in [2.75, 3.05) is 11.9 Å². The Labute approximate surface area is 208 Å². The van der Waals surface area contributed by atoms with E-state index in [2.05, 4.69) is 5.32 Å². The Kier molecular flexibility index (Phi) is 9.12. The maximum atomic E-state index is 12.8. The number of carbonyl (C=O) groups is 2. The van der Waals surface area contributed by atoms with Crippen LogP contribution >= 0.6 is 24.0 Å². The van der Waals surface area contributed by atoms with E-state index in [0.29, 0.717) is 34.3 Å². The number of nitro groups is 1. The largest absolute Gasteiger partial charge is 0.326 e. The summed E-state index contributed by atoms with van der Waals surface area (Å²) in [6, 6.07) is 15.6. The number of nitrogens with zero attached hydrogens (tertiary/aromatic N) is 2. The van der Waals surface area contributed by atoms with Crippen molar-refractivity contribution in [3.8, 4) is 0 Å². The third kappa shape index (κ3) is 7.36. The maximum absolute atomic E-state index is 12.8. The summed E-state index contributed by atoms with van der Waals surface area (Å²) in [6.07, 6.45) is 6.41. The summed E-state index contributed by atoms with van der Waals surface area (Å²) >= 11 is 6.71. The van der Waals surface area contributed by atoms with Crippen LogP contribution < -0.4 is 5.32 Å². The number of allylic oxidation sites excluding steroid dienone is 2. The average molecular weight is 496 g/mol. The van der Waals surface area contributed by atoms with Crippen molar-refractivity contribution in [3.63, 3.8) is 0 Å². The van der Waals surface area contributed by atoms with E-state index in [-0.39, 0.29) is 17.5 Å². The highest BCUT2D eigenvalue weighted by Crippen LogP contribution is 2.32. The Morgan fingerprint density at radius 2 is 1.82 bits per heavy atom. The predicted molar refractivity (Wildman–Crippen MR) is 140 cm³/mol. The molecule has 1 saturated heterocycles. The van der Waals surface area contributed by atoms with Gasteiger partial charge in [0.05, 0.1) is 9.83 Å². The second-order valence-corrected chi connectivity index (χ2v) is 9.47. The highest BCUT2D eigenvalue weighted by molar-refractivity contribution is 8.26. The maximum Gasteiger partial charge on any atom is 0.269 e. The molecule has 34 heavy (non-hydrogen) atoms. The monoisotopic (exact) mass is 495 g/mol. The van der Waals surface area contributed by atoms with Crippen molar-refractivity contribution < 1.29 is 14.5 Å². The molecule has 1 aliphatic rings. The number of thioether (sulfide) groups is 1. The third-order valence-corrected chi connectivity index (χ3v) is 6.45. The number of rotatable bonds is 10. The third-order valence-electron chi connectivity index (χ3n) is 5.07. The zero-order valence-corrected chi connectivity index (χ0v) is 20.4. The highest BCUT2D eigenvalue weighted by Gasteiger charge is 2.31. The molecule has 3 rings (SSSR count). The van der Waals surface area contributed by atoms with Gasteiger partial charge in [-0.05, 0) is 49.1 Å². The van der Waals surface area contributed by atoms with Gasteiger partial charge >= 0.3 is 0 Å². The van der Waals surface area contributed by atoms with Crippen LogP contribution in [0.2, 0.25) is 0 Å². The molecule has 7 nitrogen and oxygen atoms in total. The van der Waals surface area contributed by atoms with Gasteiger partial charge in [-0.1, -0.05) is 66.8 Å². The van der Waals surface area contributed by atoms with Crippen molar-refractivity contribution >= 4 is 57.6 Å². The highest BCUT2D eigenvalue weighted by atomic mass is 32.2. The summed E-state index contributed by atoms with van der Waals surface area (Å²) in [5.41, 5.74) is 2.55. The normalized spacial score (nSPS) is 15.1. The molecule has 0 aromatic heterocycles. The number of hydrogen-bond acceptors (Lipinski definition) is 6. The number of non-ortho nitro benzene ring substituents is 1. The lowest BCUT2D eigenvalue weighted by molar-refractivity contribution is -0.384. The lowest BCUT2D eigenvalue weighted by atomic mass is 10.1. The number of anilines is 1. The van der Waals surface area contributed by atoms with E-state index >= 15 is 0 Å². The molecule has 0 spiro atoms. The van der Waals surface area contributed by atoms with Crippen LogP contribution in [0.15, 0.2) is 71.2 Å². The smallest absolute Gasteiger partial charge is 0.269 e. The zero-order chi connectivity index (χ0) is 24.5. The topological polar surface area (TPSA) is 92.6 Å². The molecule has 0 unspecified atom stereocenters. The predicted octanol–water partition coefficient (Wildman–Crippen LogP) is 5.94. The first-order valence-electron chi connectivity index (χ1n) is 10.9. The summed E-state index contributed by atoms with van der Waals surface area (Å²) in [4.78, 5) is 37.3. The molecule has 0 radical (unpaired) electrons. The van der Waals surface area contributed by atoms with Crippen molar-refractivity contribution in [1.29, 1.82) is 0 Å². The first-order chi connectivity index (χ1) is 16.3. The molecule has 9 heteroatoms. The van der Waals surface area contributed by atoms with Crippen LogP contribution in [0.25, 0.3) is 6.08 Å². The molecule has 0 bridgehead atoms. The Hall–Kier alpha value is -3.30. The van der Waals surface area contributed by atoms with Crippen molar-refractivity contribution in [3.05, 3.63) is 86.8 Å². The molecule has 0 atom stereocenters. The van der Waals surface area contributed by atoms with Crippen molar-refractivity contribution in [2.24, 2.45) is 0 Å². The van der Waals surface area contributed by atoms with Gasteiger partial charge in [-0.25, -0.2) is 0 Å². The minimum atomic E-state index is -0.484. The molecular formula is C25H25N3O4S2. The number of thiocarbonyl (C=S) groups is 1. The molecule has 1 aliphatic heterocycles. The molecule has 0 saturated carbocycles. The number of hydrogen-bond donors (Lipinski definition) is 1. The minimum Gasteiger partial charge on any atom is -0.326 e. The number of carbonyl (C=O) groups excluding carboxylic acids is 2. The average Bonchev–Trinajstić information content (AvgIpc) is 3.06. The molecule has 0 aliphatic carbocycles. The number of nitrogens with one attached hydrogen (secondary N) is 1. The van der Waals surface area contributed by atoms with Gasteiger partial charge in [-0.3, -0.25) is 24.6 Å². The lowest BCUT2D eigenvalue weighted by Crippen LogP contribution is -2.29. The van der Waals surface area contributed by atoms with Crippen LogP contribution in [0.1, 0.15) is 38.2 Å². The van der Waals surface area contributed by atoms with Gasteiger partial charge in [0.1, 0.15) is 4.32 Å². The first kappa shape index (κ1) is 25.3. The van der Waals surface area contributed by atoms with Crippen LogP contribution in [0, 0.1) is 10.1 Å². The van der Waals surface area contributed by atoms with Crippen LogP contribution in [0.4, 0.5) is 11.4 Å². The lowest BCUT2D eigenvalue weighted by Gasteiger charge is -2.14. The SMILES string of the molecule is CC(/C=C1\SC(=S)N(CCCCCC(=O)Nc2ccc([N+](=O)[O-])cc2)C1=O)=C\c1ccccc1. The van der Waals surface area contributed by atoms with Gasteiger partial charge < -0.3 is 5.32 Å². The fourth-order valence-corrected chi connectivity index (χ4v) is 4.73. The molecule has 176 valence electrons. The Bertz CT molecular complexity index is 1130. The molecule has 2 aromatic rings. The van der Waals surface area contributed by atoms with Crippen LogP contribution in [-0.2, 0) is 9.59 Å². The molecule has 1 fully saturated rings. The fourth-order valence-electron chi connectivity index (χ4n) is 3.38. The molecule has 2 amide bonds. The molecule has 2 aromatic carbocycles. The summed E-state index contributed by atoms with van der Waals surface area (Å²) < 4.78 is 0.555. The number of unbranched alkanes of at least 4 members (excludes halogenated alkanes) is 2. The Balaban J connectivity index is 1.41. The quantitative estimate of drug-likeness (QED) is 0.144. The summed E-state index contributed by atoms with van der Waals surface area (Å²) in [5, 5.41) is 13.4. The van der Waals surface area contributed by atoms with E-state index in [1.165, 1.54) is 36.0 Å². The Morgan fingerprint density at radius 3 is 2.50 bits per heavy atom. The van der Waals surface area contributed by atoms with E-state index in [9.17, 15) is 19.7 Å². The number of benzene rings is 2. The standard InChI is InChI=1S/C25H25N3O4S2/c1-18(16-19-8-4-2-5-9-19)17-22-24(30)27(25(33)34-22)15-7-3-6-10-23(29)26-20-11-13-21(14-12-20)28(31)32/h2,4-5,8-9,11-14,16-17H,3,6-7,10,15H2,1H3,(H,26,29)/b18-16+,22-17-. The Morgan fingerprint density at radius 1 is 1.12 bits per heavy atom. The van der Waals surface area contributed by atoms with Gasteiger partial charge in [-0.15, -0.1) is 0 Å². The van der Waals surface area contributed by atoms with E-state index in [1.54, 1.807) is 4.90 Å². The van der Waals surface area contributed by atoms with E-state index in [4.69, 9.17) is 12.2 Å². The van der Waals surface area contributed by atoms with Crippen LogP contribution in [-0.4, -0.2) is 32.5 Å². The van der Waals surface area contributed by atoms with Crippen molar-refractivity contribution in [2.45, 2.75) is 32.6 Å². The zero-order valence-electron chi connectivity index (χ0n) is 18.7. The van der Waals surface area contributed by atoms with E-state index in [1.807, 2.05) is 49.4 Å². The van der Waals surface area contributed by atoms with Crippen molar-refractivity contribution in [1.82, 2.24) is 4.90 Å². The van der Waals surface area contributed by atoms with Crippen LogP contribution in [0.3, 0.4) is 0 Å². The molecule has 1 N–H and O–H groups in total. The summed E-state index contributed by atoms with van der Waals surface area (Å²) in [5.74, 6) is -0.227. The van der Waals surface area contributed by atoms with Gasteiger partial charge in [0.25, 0.3) is 11.6 Å². The molecular weight excluding hydrogens is 470 g/mol. The van der Waals surface area contributed by atoms with Crippen LogP contribution in [0.5, 0.6) is 0 Å². The second kappa shape index (κ2) is 12.2. The minimum absolute atomic E-state index is 0.0223. The second-order valence-electron chi connectivity index (χ2n) is 7.80. The van der Waals surface area contributed by atoms with Gasteiger partial charge in [-0.2, -0.15) is 0 Å². The number of nitro benzene ring substituents is 1. The van der Waals surface area contributed by atoms with E-state index in [0.717, 1.165) is 24.0 Å².